The summed E-state index contributed by atoms with van der Waals surface area (Å²) in [7, 11) is 0. The lowest BCUT2D eigenvalue weighted by atomic mass is 9.84. The van der Waals surface area contributed by atoms with Gasteiger partial charge in [0.15, 0.2) is 24.0 Å². The number of carbonyl (C=O) groups excluding carboxylic acids is 3. The lowest BCUT2D eigenvalue weighted by molar-refractivity contribution is 0.0920. The quantitative estimate of drug-likeness (QED) is 0.530. The van der Waals surface area contributed by atoms with E-state index in [4.69, 9.17) is 4.74 Å². The van der Waals surface area contributed by atoms with Gasteiger partial charge in [-0.25, -0.2) is 0 Å². The summed E-state index contributed by atoms with van der Waals surface area (Å²) in [5.41, 5.74) is 2.03. The fraction of sp³-hybridized carbons (Fsp3) is 0.0455. The van der Waals surface area contributed by atoms with E-state index in [1.165, 1.54) is 6.07 Å². The van der Waals surface area contributed by atoms with Crippen LogP contribution in [0, 0.1) is 0 Å². The summed E-state index contributed by atoms with van der Waals surface area (Å²) in [6.45, 7) is -0.137. The molecule has 0 fully saturated rings. The topological polar surface area (TPSA) is 60.4 Å². The molecule has 1 aliphatic carbocycles. The van der Waals surface area contributed by atoms with Crippen molar-refractivity contribution >= 4 is 17.3 Å². The Kier molecular flexibility index (Phi) is 3.93. The van der Waals surface area contributed by atoms with Gasteiger partial charge in [0, 0.05) is 27.8 Å². The zero-order valence-electron chi connectivity index (χ0n) is 13.8. The number of hydrogen-bond acceptors (Lipinski definition) is 4. The van der Waals surface area contributed by atoms with Crippen molar-refractivity contribution in [3.05, 3.63) is 101 Å². The summed E-state index contributed by atoms with van der Waals surface area (Å²) in [4.78, 5) is 37.4. The molecule has 0 spiro atoms. The van der Waals surface area contributed by atoms with Crippen molar-refractivity contribution in [2.75, 3.05) is 6.61 Å². The predicted molar refractivity (Wildman–Crippen MR) is 96.0 cm³/mol. The van der Waals surface area contributed by atoms with Crippen LogP contribution >= 0.6 is 0 Å². The maximum absolute atomic E-state index is 12.7. The zero-order valence-corrected chi connectivity index (χ0v) is 13.8. The average molecular weight is 342 g/mol. The molecular weight excluding hydrogens is 328 g/mol. The number of ether oxygens (including phenoxy) is 1. The highest BCUT2D eigenvalue weighted by atomic mass is 16.5. The minimum absolute atomic E-state index is 0.137. The zero-order chi connectivity index (χ0) is 18.1. The van der Waals surface area contributed by atoms with Crippen LogP contribution in [-0.4, -0.2) is 24.0 Å². The summed E-state index contributed by atoms with van der Waals surface area (Å²) < 4.78 is 5.55. The monoisotopic (exact) mass is 342 g/mol. The average Bonchev–Trinajstić information content (AvgIpc) is 2.70. The third-order valence-electron chi connectivity index (χ3n) is 4.36. The lowest BCUT2D eigenvalue weighted by Gasteiger charge is -2.18. The molecule has 4 heteroatoms. The molecule has 3 aromatic carbocycles. The van der Waals surface area contributed by atoms with E-state index in [0.717, 1.165) is 0 Å². The molecule has 0 unspecified atom stereocenters. The molecule has 0 atom stereocenters. The highest BCUT2D eigenvalue weighted by Crippen LogP contribution is 2.29. The fourth-order valence-corrected chi connectivity index (χ4v) is 3.02. The summed E-state index contributed by atoms with van der Waals surface area (Å²) >= 11 is 0. The van der Waals surface area contributed by atoms with Gasteiger partial charge in [-0.15, -0.1) is 0 Å². The Morgan fingerprint density at radius 2 is 1.27 bits per heavy atom. The van der Waals surface area contributed by atoms with Gasteiger partial charge in [0.2, 0.25) is 0 Å². The van der Waals surface area contributed by atoms with E-state index in [1.54, 1.807) is 60.7 Å². The number of benzene rings is 3. The molecule has 0 aliphatic heterocycles. The van der Waals surface area contributed by atoms with E-state index in [1.807, 2.05) is 6.07 Å². The van der Waals surface area contributed by atoms with Gasteiger partial charge in [-0.3, -0.25) is 14.4 Å². The first-order valence-corrected chi connectivity index (χ1v) is 8.18. The Labute approximate surface area is 150 Å². The van der Waals surface area contributed by atoms with Crippen LogP contribution in [0.3, 0.4) is 0 Å². The molecule has 26 heavy (non-hydrogen) atoms. The van der Waals surface area contributed by atoms with E-state index in [2.05, 4.69) is 0 Å². The van der Waals surface area contributed by atoms with Crippen molar-refractivity contribution in [2.45, 2.75) is 0 Å². The maximum Gasteiger partial charge on any atom is 0.200 e. The molecule has 0 N–H and O–H groups in total. The molecule has 0 radical (unpaired) electrons. The molecule has 4 nitrogen and oxygen atoms in total. The number of ketones is 3. The third kappa shape index (κ3) is 2.71. The first kappa shape index (κ1) is 16.0. The second kappa shape index (κ2) is 6.41. The van der Waals surface area contributed by atoms with Gasteiger partial charge in [0.05, 0.1) is 0 Å². The second-order valence-corrected chi connectivity index (χ2v) is 5.99. The maximum atomic E-state index is 12.7. The summed E-state index contributed by atoms with van der Waals surface area (Å²) in [5, 5.41) is 0. The molecule has 0 bridgehead atoms. The van der Waals surface area contributed by atoms with Crippen LogP contribution in [0.15, 0.2) is 72.8 Å². The standard InChI is InChI=1S/C22H14O4/c23-20(14-6-2-1-3-7-14)13-26-15-10-11-18-19(12-15)22(25)17-9-5-4-8-16(17)21(18)24/h1-12H,13H2. The summed E-state index contributed by atoms with van der Waals surface area (Å²) in [5.74, 6) is -0.165. The van der Waals surface area contributed by atoms with Crippen molar-refractivity contribution in [1.82, 2.24) is 0 Å². The van der Waals surface area contributed by atoms with Gasteiger partial charge in [0.25, 0.3) is 0 Å². The number of hydrogen-bond donors (Lipinski definition) is 0. The van der Waals surface area contributed by atoms with Crippen LogP contribution in [0.25, 0.3) is 0 Å². The van der Waals surface area contributed by atoms with Crippen LogP contribution in [0.5, 0.6) is 5.75 Å². The molecule has 0 saturated carbocycles. The highest BCUT2D eigenvalue weighted by Gasteiger charge is 2.29. The van der Waals surface area contributed by atoms with E-state index < -0.39 is 0 Å². The third-order valence-corrected chi connectivity index (χ3v) is 4.36. The second-order valence-electron chi connectivity index (χ2n) is 5.99. The predicted octanol–water partition coefficient (Wildman–Crippen LogP) is 3.72. The van der Waals surface area contributed by atoms with E-state index in [-0.39, 0.29) is 24.0 Å². The van der Waals surface area contributed by atoms with E-state index in [9.17, 15) is 14.4 Å². The van der Waals surface area contributed by atoms with Gasteiger partial charge in [-0.1, -0.05) is 54.6 Å². The van der Waals surface area contributed by atoms with Crippen molar-refractivity contribution in [1.29, 1.82) is 0 Å². The van der Waals surface area contributed by atoms with E-state index >= 15 is 0 Å². The van der Waals surface area contributed by atoms with Crippen LogP contribution in [0.1, 0.15) is 42.2 Å². The molecule has 0 amide bonds. The molecule has 126 valence electrons. The smallest absolute Gasteiger partial charge is 0.200 e. The Bertz CT molecular complexity index is 1040. The Balaban J connectivity index is 1.59. The van der Waals surface area contributed by atoms with Gasteiger partial charge < -0.3 is 4.74 Å². The number of rotatable bonds is 4. The van der Waals surface area contributed by atoms with Crippen molar-refractivity contribution in [3.63, 3.8) is 0 Å². The lowest BCUT2D eigenvalue weighted by Crippen LogP contribution is -2.21. The first-order chi connectivity index (χ1) is 12.6. The van der Waals surface area contributed by atoms with Crippen LogP contribution < -0.4 is 4.74 Å². The van der Waals surface area contributed by atoms with Crippen LogP contribution in [-0.2, 0) is 0 Å². The van der Waals surface area contributed by atoms with Gasteiger partial charge in [-0.2, -0.15) is 0 Å². The number of Topliss-reactive ketones (excluding diaryl/α,β-unsaturated/α-hetero) is 1. The van der Waals surface area contributed by atoms with Crippen molar-refractivity contribution in [3.8, 4) is 5.75 Å². The molecule has 0 saturated heterocycles. The normalized spacial score (nSPS) is 12.3. The van der Waals surface area contributed by atoms with Crippen LogP contribution in [0.2, 0.25) is 0 Å². The first-order valence-electron chi connectivity index (χ1n) is 8.18. The van der Waals surface area contributed by atoms with Crippen molar-refractivity contribution < 1.29 is 19.1 Å². The van der Waals surface area contributed by atoms with E-state index in [0.29, 0.717) is 33.6 Å². The molecule has 3 aromatic rings. The van der Waals surface area contributed by atoms with Gasteiger partial charge in [0.1, 0.15) is 5.75 Å². The Morgan fingerprint density at radius 3 is 1.96 bits per heavy atom. The van der Waals surface area contributed by atoms with Gasteiger partial charge in [-0.05, 0) is 18.2 Å². The molecule has 4 rings (SSSR count). The SMILES string of the molecule is O=C(COc1ccc2c(c1)C(=O)c1ccccc1C2=O)c1ccccc1. The summed E-state index contributed by atoms with van der Waals surface area (Å²) in [6.07, 6.45) is 0. The minimum Gasteiger partial charge on any atom is -0.485 e. The molecule has 1 aliphatic rings. The largest absolute Gasteiger partial charge is 0.485 e. The molecule has 0 heterocycles. The fourth-order valence-electron chi connectivity index (χ4n) is 3.02. The number of fused-ring (bicyclic) bond motifs is 2. The Morgan fingerprint density at radius 1 is 0.692 bits per heavy atom. The van der Waals surface area contributed by atoms with Crippen LogP contribution in [0.4, 0.5) is 0 Å². The van der Waals surface area contributed by atoms with Crippen molar-refractivity contribution in [2.24, 2.45) is 0 Å². The summed E-state index contributed by atoms with van der Waals surface area (Å²) in [6, 6.07) is 20.3. The molecule has 0 aromatic heterocycles. The Hall–Kier alpha value is -3.53. The minimum atomic E-state index is -0.213. The highest BCUT2D eigenvalue weighted by molar-refractivity contribution is 6.28. The number of carbonyl (C=O) groups is 3. The molecular formula is C22H14O4. The van der Waals surface area contributed by atoms with Gasteiger partial charge >= 0.3 is 0 Å².